The number of anilines is 2. The highest BCUT2D eigenvalue weighted by Gasteiger charge is 2.31. The molecule has 1 saturated heterocycles. The molecular weight excluding hydrogens is 376 g/mol. The van der Waals surface area contributed by atoms with Crippen LogP contribution in [0.1, 0.15) is 24.5 Å². The number of hydrogen-bond donors (Lipinski definition) is 1. The van der Waals surface area contributed by atoms with E-state index in [9.17, 15) is 9.59 Å². The fourth-order valence-corrected chi connectivity index (χ4v) is 4.41. The summed E-state index contributed by atoms with van der Waals surface area (Å²) in [4.78, 5) is 31.9. The first kappa shape index (κ1) is 20.6. The van der Waals surface area contributed by atoms with Crippen LogP contribution in [-0.4, -0.2) is 60.4 Å². The molecule has 0 spiro atoms. The predicted octanol–water partition coefficient (Wildman–Crippen LogP) is 2.88. The van der Waals surface area contributed by atoms with Crippen molar-refractivity contribution in [3.05, 3.63) is 59.7 Å². The number of fused-ring (bicyclic) bond motifs is 1. The second-order valence-electron chi connectivity index (χ2n) is 8.42. The highest BCUT2D eigenvalue weighted by Crippen LogP contribution is 2.31. The number of para-hydroxylation sites is 2. The van der Waals surface area contributed by atoms with Crippen molar-refractivity contribution in [3.8, 4) is 0 Å². The lowest BCUT2D eigenvalue weighted by Crippen LogP contribution is -2.51. The van der Waals surface area contributed by atoms with Gasteiger partial charge in [-0.2, -0.15) is 0 Å². The van der Waals surface area contributed by atoms with Gasteiger partial charge in [-0.15, -0.1) is 0 Å². The molecule has 2 aliphatic rings. The van der Waals surface area contributed by atoms with E-state index in [0.29, 0.717) is 18.7 Å². The molecule has 1 N–H and O–H groups in total. The molecule has 0 bridgehead atoms. The molecule has 2 amide bonds. The highest BCUT2D eigenvalue weighted by molar-refractivity contribution is 6.04. The third kappa shape index (κ3) is 4.71. The molecule has 30 heavy (non-hydrogen) atoms. The van der Waals surface area contributed by atoms with E-state index in [1.165, 1.54) is 11.1 Å². The molecule has 0 aliphatic carbocycles. The maximum Gasteiger partial charge on any atom is 0.241 e. The van der Waals surface area contributed by atoms with Crippen molar-refractivity contribution >= 4 is 23.2 Å². The molecule has 1 atom stereocenters. The lowest BCUT2D eigenvalue weighted by molar-refractivity contribution is -0.120. The average Bonchev–Trinajstić information content (AvgIpc) is 2.83. The Morgan fingerprint density at radius 2 is 1.77 bits per heavy atom. The number of amides is 2. The Bertz CT molecular complexity index is 921. The quantitative estimate of drug-likeness (QED) is 0.848. The first-order chi connectivity index (χ1) is 14.5. The first-order valence-corrected chi connectivity index (χ1v) is 10.7. The van der Waals surface area contributed by atoms with Crippen LogP contribution in [0.2, 0.25) is 0 Å². The van der Waals surface area contributed by atoms with Crippen LogP contribution < -0.4 is 10.2 Å². The number of nitrogens with one attached hydrogen (secondary N) is 1. The highest BCUT2D eigenvalue weighted by atomic mass is 16.2. The summed E-state index contributed by atoms with van der Waals surface area (Å²) in [7, 11) is 0. The molecule has 6 heteroatoms. The lowest BCUT2D eigenvalue weighted by Gasteiger charge is -2.36. The number of benzene rings is 2. The molecule has 158 valence electrons. The normalized spacial score (nSPS) is 20.4. The van der Waals surface area contributed by atoms with Crippen LogP contribution in [0.25, 0.3) is 0 Å². The van der Waals surface area contributed by atoms with E-state index in [1.54, 1.807) is 4.90 Å². The van der Waals surface area contributed by atoms with Gasteiger partial charge in [0, 0.05) is 45.2 Å². The van der Waals surface area contributed by atoms with Crippen molar-refractivity contribution in [2.75, 3.05) is 42.9 Å². The van der Waals surface area contributed by atoms with Crippen molar-refractivity contribution in [2.45, 2.75) is 32.9 Å². The summed E-state index contributed by atoms with van der Waals surface area (Å²) in [5, 5.41) is 2.92. The summed E-state index contributed by atoms with van der Waals surface area (Å²) in [6, 6.07) is 16.0. The topological polar surface area (TPSA) is 55.9 Å². The Morgan fingerprint density at radius 3 is 2.53 bits per heavy atom. The number of carbonyl (C=O) groups excluding carboxylic acids is 2. The van der Waals surface area contributed by atoms with E-state index in [4.69, 9.17) is 0 Å². The van der Waals surface area contributed by atoms with Crippen LogP contribution in [0, 0.1) is 6.92 Å². The zero-order chi connectivity index (χ0) is 21.1. The average molecular weight is 407 g/mol. The largest absolute Gasteiger partial charge is 0.324 e. The number of aryl methyl sites for hydroxylation is 1. The van der Waals surface area contributed by atoms with Gasteiger partial charge < -0.3 is 10.2 Å². The van der Waals surface area contributed by atoms with E-state index in [1.807, 2.05) is 31.2 Å². The molecule has 1 unspecified atom stereocenters. The van der Waals surface area contributed by atoms with Gasteiger partial charge in [0.05, 0.1) is 17.9 Å². The Kier molecular flexibility index (Phi) is 6.16. The van der Waals surface area contributed by atoms with Gasteiger partial charge in [-0.05, 0) is 31.5 Å². The summed E-state index contributed by atoms with van der Waals surface area (Å²) in [6.07, 6.45) is 0.310. The van der Waals surface area contributed by atoms with Crippen molar-refractivity contribution in [1.29, 1.82) is 0 Å². The van der Waals surface area contributed by atoms with E-state index in [0.717, 1.165) is 38.4 Å². The van der Waals surface area contributed by atoms with Gasteiger partial charge in [0.15, 0.2) is 0 Å². The Balaban J connectivity index is 1.37. The SMILES string of the molecule is Cc1cccc(CN2CCN(CC(=O)N3c4ccccc4NC(=O)CC3C)CC2)c1. The van der Waals surface area contributed by atoms with Crippen LogP contribution in [-0.2, 0) is 16.1 Å². The number of nitrogens with zero attached hydrogens (tertiary/aromatic N) is 3. The first-order valence-electron chi connectivity index (χ1n) is 10.7. The number of hydrogen-bond acceptors (Lipinski definition) is 4. The van der Waals surface area contributed by atoms with Crippen molar-refractivity contribution in [1.82, 2.24) is 9.80 Å². The van der Waals surface area contributed by atoms with Crippen LogP contribution in [0.5, 0.6) is 0 Å². The molecule has 6 nitrogen and oxygen atoms in total. The predicted molar refractivity (Wildman–Crippen MR) is 120 cm³/mol. The van der Waals surface area contributed by atoms with E-state index in [2.05, 4.69) is 46.3 Å². The molecule has 0 radical (unpaired) electrons. The van der Waals surface area contributed by atoms with Crippen LogP contribution in [0.4, 0.5) is 11.4 Å². The summed E-state index contributed by atoms with van der Waals surface area (Å²) in [6.45, 7) is 9.05. The minimum absolute atomic E-state index is 0.0463. The minimum atomic E-state index is -0.163. The standard InChI is InChI=1S/C24H30N4O2/c1-18-6-5-7-20(14-18)16-26-10-12-27(13-11-26)17-24(30)28-19(2)15-23(29)25-21-8-3-4-9-22(21)28/h3-9,14,19H,10-13,15-17H2,1-2H3,(H,25,29). The van der Waals surface area contributed by atoms with Gasteiger partial charge in [0.2, 0.25) is 11.8 Å². The van der Waals surface area contributed by atoms with Crippen LogP contribution in [0.15, 0.2) is 48.5 Å². The zero-order valence-corrected chi connectivity index (χ0v) is 17.8. The third-order valence-electron chi connectivity index (χ3n) is 5.94. The summed E-state index contributed by atoms with van der Waals surface area (Å²) in [5.41, 5.74) is 4.13. The van der Waals surface area contributed by atoms with E-state index < -0.39 is 0 Å². The van der Waals surface area contributed by atoms with Gasteiger partial charge in [0.1, 0.15) is 0 Å². The Labute approximate surface area is 178 Å². The molecule has 4 rings (SSSR count). The summed E-state index contributed by atoms with van der Waals surface area (Å²) < 4.78 is 0. The number of piperazine rings is 1. The molecule has 2 aromatic rings. The van der Waals surface area contributed by atoms with E-state index >= 15 is 0 Å². The fraction of sp³-hybridized carbons (Fsp3) is 0.417. The van der Waals surface area contributed by atoms with Gasteiger partial charge in [0.25, 0.3) is 0 Å². The molecule has 2 aromatic carbocycles. The second kappa shape index (κ2) is 8.98. The molecule has 0 saturated carbocycles. The third-order valence-corrected chi connectivity index (χ3v) is 5.94. The molecule has 2 aliphatic heterocycles. The van der Waals surface area contributed by atoms with Crippen molar-refractivity contribution in [2.24, 2.45) is 0 Å². The number of carbonyl (C=O) groups is 2. The molecule has 0 aromatic heterocycles. The maximum atomic E-state index is 13.2. The fourth-order valence-electron chi connectivity index (χ4n) is 4.41. The second-order valence-corrected chi connectivity index (χ2v) is 8.42. The smallest absolute Gasteiger partial charge is 0.241 e. The van der Waals surface area contributed by atoms with Gasteiger partial charge in [-0.3, -0.25) is 19.4 Å². The van der Waals surface area contributed by atoms with Crippen LogP contribution >= 0.6 is 0 Å². The molecule has 2 heterocycles. The van der Waals surface area contributed by atoms with Gasteiger partial charge in [-0.25, -0.2) is 0 Å². The minimum Gasteiger partial charge on any atom is -0.324 e. The van der Waals surface area contributed by atoms with Crippen molar-refractivity contribution in [3.63, 3.8) is 0 Å². The summed E-state index contributed by atoms with van der Waals surface area (Å²) in [5.74, 6) is 0.00796. The Hall–Kier alpha value is -2.70. The monoisotopic (exact) mass is 406 g/mol. The molecule has 1 fully saturated rings. The number of rotatable bonds is 4. The van der Waals surface area contributed by atoms with Crippen LogP contribution in [0.3, 0.4) is 0 Å². The van der Waals surface area contributed by atoms with Gasteiger partial charge >= 0.3 is 0 Å². The Morgan fingerprint density at radius 1 is 1.03 bits per heavy atom. The molecular formula is C24H30N4O2. The zero-order valence-electron chi connectivity index (χ0n) is 17.8. The van der Waals surface area contributed by atoms with E-state index in [-0.39, 0.29) is 17.9 Å². The summed E-state index contributed by atoms with van der Waals surface area (Å²) >= 11 is 0. The maximum absolute atomic E-state index is 13.2. The van der Waals surface area contributed by atoms with Crippen molar-refractivity contribution < 1.29 is 9.59 Å². The van der Waals surface area contributed by atoms with Gasteiger partial charge in [-0.1, -0.05) is 42.0 Å². The lowest BCUT2D eigenvalue weighted by atomic mass is 10.1.